The molecule has 0 aromatic carbocycles. The summed E-state index contributed by atoms with van der Waals surface area (Å²) in [4.78, 5) is 0. The molecule has 0 rings (SSSR count). The van der Waals surface area contributed by atoms with Crippen LogP contribution in [0.15, 0.2) is 0 Å². The maximum atomic E-state index is 3.74. The van der Waals surface area contributed by atoms with Gasteiger partial charge in [0, 0.05) is 6.04 Å². The largest absolute Gasteiger partial charge is 0.313 e. The quantitative estimate of drug-likeness (QED) is 0.640. The monoisotopic (exact) mass is 213 g/mol. The average Bonchev–Trinajstić information content (AvgIpc) is 2.22. The van der Waals surface area contributed by atoms with E-state index in [0.717, 1.165) is 17.8 Å². The maximum absolute atomic E-state index is 3.74. The van der Waals surface area contributed by atoms with Gasteiger partial charge in [-0.3, -0.25) is 0 Å². The smallest absolute Gasteiger partial charge is 0.00927 e. The summed E-state index contributed by atoms with van der Waals surface area (Å²) in [5, 5.41) is 3.74. The normalized spacial score (nSPS) is 17.8. The molecule has 0 aliphatic heterocycles. The van der Waals surface area contributed by atoms with Gasteiger partial charge in [-0.25, -0.2) is 0 Å². The summed E-state index contributed by atoms with van der Waals surface area (Å²) in [5.41, 5.74) is 0. The van der Waals surface area contributed by atoms with Gasteiger partial charge in [0.15, 0.2) is 0 Å². The van der Waals surface area contributed by atoms with E-state index < -0.39 is 0 Å². The lowest BCUT2D eigenvalue weighted by atomic mass is 9.91. The van der Waals surface area contributed by atoms with E-state index in [9.17, 15) is 0 Å². The van der Waals surface area contributed by atoms with Crippen molar-refractivity contribution in [2.45, 2.75) is 66.8 Å². The molecule has 0 saturated heterocycles. The van der Waals surface area contributed by atoms with E-state index in [-0.39, 0.29) is 0 Å². The van der Waals surface area contributed by atoms with Gasteiger partial charge in [-0.2, -0.15) is 0 Å². The maximum Gasteiger partial charge on any atom is 0.00927 e. The molecule has 0 aliphatic carbocycles. The average molecular weight is 213 g/mol. The van der Waals surface area contributed by atoms with Gasteiger partial charge in [0.25, 0.3) is 0 Å². The van der Waals surface area contributed by atoms with E-state index in [0.29, 0.717) is 6.04 Å². The molecule has 1 nitrogen and oxygen atoms in total. The van der Waals surface area contributed by atoms with E-state index in [2.05, 4.69) is 46.9 Å². The Kier molecular flexibility index (Phi) is 8.13. The molecule has 0 bridgehead atoms. The highest BCUT2D eigenvalue weighted by Crippen LogP contribution is 2.16. The second-order valence-electron chi connectivity index (χ2n) is 5.52. The summed E-state index contributed by atoms with van der Waals surface area (Å²) in [6, 6.07) is 0.703. The molecule has 0 aromatic rings. The van der Waals surface area contributed by atoms with Gasteiger partial charge >= 0.3 is 0 Å². The first-order valence-corrected chi connectivity index (χ1v) is 6.74. The molecular weight excluding hydrogens is 182 g/mol. The van der Waals surface area contributed by atoms with Gasteiger partial charge in [0.05, 0.1) is 0 Å². The van der Waals surface area contributed by atoms with Crippen molar-refractivity contribution in [2.24, 2.45) is 17.8 Å². The fourth-order valence-electron chi connectivity index (χ4n) is 1.69. The molecule has 0 radical (unpaired) electrons. The number of rotatable bonds is 8. The molecular formula is C14H31N. The predicted molar refractivity (Wildman–Crippen MR) is 70.2 cm³/mol. The number of hydrogen-bond acceptors (Lipinski definition) is 1. The van der Waals surface area contributed by atoms with Crippen LogP contribution in [0.4, 0.5) is 0 Å². The third-order valence-corrected chi connectivity index (χ3v) is 3.58. The molecule has 0 spiro atoms. The molecule has 15 heavy (non-hydrogen) atoms. The number of hydrogen-bond donors (Lipinski definition) is 1. The molecule has 0 aliphatic rings. The van der Waals surface area contributed by atoms with E-state index >= 15 is 0 Å². The molecule has 3 atom stereocenters. The summed E-state index contributed by atoms with van der Waals surface area (Å²) in [5.74, 6) is 2.41. The Morgan fingerprint density at radius 3 is 1.80 bits per heavy atom. The first-order valence-electron chi connectivity index (χ1n) is 6.74. The van der Waals surface area contributed by atoms with Crippen molar-refractivity contribution in [2.75, 3.05) is 6.54 Å². The Bertz CT molecular complexity index is 142. The molecule has 2 unspecified atom stereocenters. The van der Waals surface area contributed by atoms with Gasteiger partial charge in [-0.15, -0.1) is 0 Å². The zero-order chi connectivity index (χ0) is 11.8. The first-order chi connectivity index (χ1) is 7.01. The lowest BCUT2D eigenvalue weighted by molar-refractivity contribution is 0.308. The molecule has 0 fully saturated rings. The minimum absolute atomic E-state index is 0.703. The zero-order valence-corrected chi connectivity index (χ0v) is 11.6. The standard InChI is InChI=1S/C14H31N/c1-7-12(5)9-14(11(3)4)15-10-13(6)8-2/h11-15H,7-10H2,1-6H3/t12-,13?,14?/m0/s1. The van der Waals surface area contributed by atoms with Crippen LogP contribution in [0, 0.1) is 17.8 Å². The van der Waals surface area contributed by atoms with Gasteiger partial charge in [0.1, 0.15) is 0 Å². The summed E-state index contributed by atoms with van der Waals surface area (Å²) in [6.45, 7) is 15.1. The fourth-order valence-corrected chi connectivity index (χ4v) is 1.69. The van der Waals surface area contributed by atoms with Crippen LogP contribution in [-0.2, 0) is 0 Å². The molecule has 1 N–H and O–H groups in total. The van der Waals surface area contributed by atoms with Crippen LogP contribution >= 0.6 is 0 Å². The van der Waals surface area contributed by atoms with Gasteiger partial charge in [-0.1, -0.05) is 54.4 Å². The molecule has 0 aromatic heterocycles. The molecule has 0 heterocycles. The SMILES string of the molecule is CCC(C)CNC(C[C@@H](C)CC)C(C)C. The Labute approximate surface area is 97.0 Å². The van der Waals surface area contributed by atoms with Crippen molar-refractivity contribution < 1.29 is 0 Å². The highest BCUT2D eigenvalue weighted by Gasteiger charge is 2.15. The molecule has 0 saturated carbocycles. The summed E-state index contributed by atoms with van der Waals surface area (Å²) >= 11 is 0. The van der Waals surface area contributed by atoms with Crippen LogP contribution in [0.2, 0.25) is 0 Å². The highest BCUT2D eigenvalue weighted by atomic mass is 14.9. The van der Waals surface area contributed by atoms with Crippen LogP contribution in [-0.4, -0.2) is 12.6 Å². The van der Waals surface area contributed by atoms with Crippen molar-refractivity contribution in [3.63, 3.8) is 0 Å². The van der Waals surface area contributed by atoms with E-state index in [1.807, 2.05) is 0 Å². The lowest BCUT2D eigenvalue weighted by Crippen LogP contribution is -2.37. The van der Waals surface area contributed by atoms with E-state index in [4.69, 9.17) is 0 Å². The summed E-state index contributed by atoms with van der Waals surface area (Å²) in [7, 11) is 0. The van der Waals surface area contributed by atoms with Gasteiger partial charge < -0.3 is 5.32 Å². The fraction of sp³-hybridized carbons (Fsp3) is 1.00. The van der Waals surface area contributed by atoms with Crippen molar-refractivity contribution in [1.29, 1.82) is 0 Å². The Hall–Kier alpha value is -0.0400. The minimum Gasteiger partial charge on any atom is -0.313 e. The zero-order valence-electron chi connectivity index (χ0n) is 11.6. The van der Waals surface area contributed by atoms with Crippen LogP contribution in [0.25, 0.3) is 0 Å². The first kappa shape index (κ1) is 15.0. The third kappa shape index (κ3) is 6.94. The Morgan fingerprint density at radius 2 is 1.40 bits per heavy atom. The Morgan fingerprint density at radius 1 is 0.867 bits per heavy atom. The van der Waals surface area contributed by atoms with Gasteiger partial charge in [0.2, 0.25) is 0 Å². The summed E-state index contributed by atoms with van der Waals surface area (Å²) < 4.78 is 0. The van der Waals surface area contributed by atoms with Crippen LogP contribution in [0.1, 0.15) is 60.8 Å². The molecule has 92 valence electrons. The molecule has 0 amide bonds. The van der Waals surface area contributed by atoms with E-state index in [1.165, 1.54) is 25.8 Å². The summed E-state index contributed by atoms with van der Waals surface area (Å²) in [6.07, 6.45) is 3.90. The predicted octanol–water partition coefficient (Wildman–Crippen LogP) is 4.08. The van der Waals surface area contributed by atoms with Crippen LogP contribution in [0.5, 0.6) is 0 Å². The minimum atomic E-state index is 0.703. The van der Waals surface area contributed by atoms with Gasteiger partial charge in [-0.05, 0) is 30.7 Å². The second kappa shape index (κ2) is 8.15. The number of nitrogens with one attached hydrogen (secondary N) is 1. The van der Waals surface area contributed by atoms with Crippen LogP contribution in [0.3, 0.4) is 0 Å². The molecule has 1 heteroatoms. The lowest BCUT2D eigenvalue weighted by Gasteiger charge is -2.26. The highest BCUT2D eigenvalue weighted by molar-refractivity contribution is 4.73. The van der Waals surface area contributed by atoms with E-state index in [1.54, 1.807) is 0 Å². The topological polar surface area (TPSA) is 12.0 Å². The van der Waals surface area contributed by atoms with Crippen molar-refractivity contribution in [3.8, 4) is 0 Å². The van der Waals surface area contributed by atoms with Crippen molar-refractivity contribution in [1.82, 2.24) is 5.32 Å². The Balaban J connectivity index is 3.94. The van der Waals surface area contributed by atoms with Crippen molar-refractivity contribution >= 4 is 0 Å². The van der Waals surface area contributed by atoms with Crippen LogP contribution < -0.4 is 5.32 Å². The van der Waals surface area contributed by atoms with Crippen molar-refractivity contribution in [3.05, 3.63) is 0 Å². The third-order valence-electron chi connectivity index (χ3n) is 3.58. The second-order valence-corrected chi connectivity index (χ2v) is 5.52.